The zero-order valence-electron chi connectivity index (χ0n) is 15.0. The second kappa shape index (κ2) is 10.0. The first-order valence-corrected chi connectivity index (χ1v) is 8.26. The van der Waals surface area contributed by atoms with Crippen LogP contribution in [0.2, 0.25) is 0 Å². The number of aliphatic hydroxyl groups is 2. The number of methoxy groups -OCH3 is 1. The average molecular weight is 352 g/mol. The molecule has 1 aromatic rings. The Labute approximate surface area is 148 Å². The van der Waals surface area contributed by atoms with Gasteiger partial charge in [0.05, 0.1) is 13.7 Å². The van der Waals surface area contributed by atoms with Crippen molar-refractivity contribution in [2.75, 3.05) is 26.8 Å². The van der Waals surface area contributed by atoms with E-state index < -0.39 is 17.4 Å². The largest absolute Gasteiger partial charge is 0.497 e. The fourth-order valence-electron chi connectivity index (χ4n) is 2.06. The Morgan fingerprint density at radius 2 is 1.76 bits per heavy atom. The molecule has 7 nitrogen and oxygen atoms in total. The van der Waals surface area contributed by atoms with E-state index in [1.165, 1.54) is 0 Å². The highest BCUT2D eigenvalue weighted by molar-refractivity contribution is 5.81. The molecule has 0 spiro atoms. The molecule has 0 radical (unpaired) electrons. The predicted molar refractivity (Wildman–Crippen MR) is 94.2 cm³/mol. The summed E-state index contributed by atoms with van der Waals surface area (Å²) < 4.78 is 5.08. The molecule has 0 unspecified atom stereocenters. The number of rotatable bonds is 10. The maximum Gasteiger partial charge on any atom is 0.249 e. The zero-order chi connectivity index (χ0) is 18.9. The van der Waals surface area contributed by atoms with Crippen LogP contribution >= 0.6 is 0 Å². The van der Waals surface area contributed by atoms with E-state index >= 15 is 0 Å². The fourth-order valence-corrected chi connectivity index (χ4v) is 2.06. The predicted octanol–water partition coefficient (Wildman–Crippen LogP) is 0.240. The zero-order valence-corrected chi connectivity index (χ0v) is 15.0. The molecule has 0 heterocycles. The third-order valence-corrected chi connectivity index (χ3v) is 3.94. The molecular weight excluding hydrogens is 324 g/mol. The normalized spacial score (nSPS) is 12.4. The molecule has 0 saturated carbocycles. The molecule has 0 aliphatic rings. The summed E-state index contributed by atoms with van der Waals surface area (Å²) in [6, 6.07) is 7.52. The van der Waals surface area contributed by atoms with E-state index in [0.29, 0.717) is 12.8 Å². The molecule has 140 valence electrons. The van der Waals surface area contributed by atoms with Crippen LogP contribution in [0.5, 0.6) is 5.75 Å². The molecule has 0 fully saturated rings. The fraction of sp³-hybridized carbons (Fsp3) is 0.556. The Bertz CT molecular complexity index is 557. The molecular formula is C18H28N2O5. The number of ether oxygens (including phenoxy) is 1. The molecule has 2 amide bonds. The van der Waals surface area contributed by atoms with Crippen molar-refractivity contribution in [2.45, 2.75) is 32.8 Å². The summed E-state index contributed by atoms with van der Waals surface area (Å²) in [4.78, 5) is 23.6. The van der Waals surface area contributed by atoms with Crippen molar-refractivity contribution in [3.8, 4) is 5.75 Å². The van der Waals surface area contributed by atoms with Gasteiger partial charge in [0.2, 0.25) is 11.8 Å². The maximum atomic E-state index is 11.8. The SMILES string of the molecule is COc1ccc(CCC(=O)NCCNC(=O)[C@H](O)C(C)(C)CO)cc1. The summed E-state index contributed by atoms with van der Waals surface area (Å²) in [5, 5.41) is 24.2. The molecule has 1 atom stereocenters. The molecule has 4 N–H and O–H groups in total. The number of nitrogens with one attached hydrogen (secondary N) is 2. The number of carbonyl (C=O) groups excluding carboxylic acids is 2. The molecule has 0 bridgehead atoms. The highest BCUT2D eigenvalue weighted by Crippen LogP contribution is 2.19. The first-order chi connectivity index (χ1) is 11.8. The van der Waals surface area contributed by atoms with Crippen molar-refractivity contribution in [3.05, 3.63) is 29.8 Å². The van der Waals surface area contributed by atoms with Gasteiger partial charge in [0.25, 0.3) is 0 Å². The van der Waals surface area contributed by atoms with Crippen molar-refractivity contribution >= 4 is 11.8 Å². The summed E-state index contributed by atoms with van der Waals surface area (Å²) >= 11 is 0. The standard InChI is InChI=1S/C18H28N2O5/c1-18(2,12-21)16(23)17(24)20-11-10-19-15(22)9-6-13-4-7-14(25-3)8-5-13/h4-5,7-8,16,21,23H,6,9-12H2,1-3H3,(H,19,22)(H,20,24)/t16-/m0/s1. The van der Waals surface area contributed by atoms with E-state index in [9.17, 15) is 14.7 Å². The Morgan fingerprint density at radius 3 is 2.32 bits per heavy atom. The van der Waals surface area contributed by atoms with Crippen molar-refractivity contribution < 1.29 is 24.5 Å². The minimum Gasteiger partial charge on any atom is -0.497 e. The Hall–Kier alpha value is -2.12. The topological polar surface area (TPSA) is 108 Å². The van der Waals surface area contributed by atoms with Gasteiger partial charge in [-0.15, -0.1) is 0 Å². The number of aryl methyl sites for hydroxylation is 1. The quantitative estimate of drug-likeness (QED) is 0.451. The van der Waals surface area contributed by atoms with Crippen LogP contribution in [0, 0.1) is 5.41 Å². The molecule has 1 aromatic carbocycles. The van der Waals surface area contributed by atoms with E-state index in [2.05, 4.69) is 10.6 Å². The summed E-state index contributed by atoms with van der Waals surface area (Å²) in [5.41, 5.74) is 0.129. The Kier molecular flexibility index (Phi) is 8.37. The van der Waals surface area contributed by atoms with Gasteiger partial charge in [-0.25, -0.2) is 0 Å². The van der Waals surface area contributed by atoms with Crippen LogP contribution in [0.1, 0.15) is 25.8 Å². The first-order valence-electron chi connectivity index (χ1n) is 8.26. The summed E-state index contributed by atoms with van der Waals surface area (Å²) in [6.45, 7) is 3.38. The lowest BCUT2D eigenvalue weighted by Gasteiger charge is -2.27. The number of aliphatic hydroxyl groups excluding tert-OH is 2. The van der Waals surface area contributed by atoms with Gasteiger partial charge in [0.1, 0.15) is 11.9 Å². The molecule has 0 aromatic heterocycles. The van der Waals surface area contributed by atoms with Gasteiger partial charge in [-0.2, -0.15) is 0 Å². The van der Waals surface area contributed by atoms with Crippen LogP contribution in [-0.2, 0) is 16.0 Å². The van der Waals surface area contributed by atoms with Crippen LogP contribution < -0.4 is 15.4 Å². The van der Waals surface area contributed by atoms with Gasteiger partial charge in [-0.3, -0.25) is 9.59 Å². The first kappa shape index (κ1) is 20.9. The monoisotopic (exact) mass is 352 g/mol. The van der Waals surface area contributed by atoms with Crippen molar-refractivity contribution in [2.24, 2.45) is 5.41 Å². The highest BCUT2D eigenvalue weighted by Gasteiger charge is 2.32. The van der Waals surface area contributed by atoms with Gasteiger partial charge in [-0.1, -0.05) is 26.0 Å². The van der Waals surface area contributed by atoms with Gasteiger partial charge in [-0.05, 0) is 24.1 Å². The van der Waals surface area contributed by atoms with Gasteiger partial charge < -0.3 is 25.6 Å². The Balaban J connectivity index is 2.23. The third-order valence-electron chi connectivity index (χ3n) is 3.94. The lowest BCUT2D eigenvalue weighted by Crippen LogP contribution is -2.47. The second-order valence-corrected chi connectivity index (χ2v) is 6.54. The highest BCUT2D eigenvalue weighted by atomic mass is 16.5. The number of benzene rings is 1. The van der Waals surface area contributed by atoms with Crippen molar-refractivity contribution in [1.29, 1.82) is 0 Å². The van der Waals surface area contributed by atoms with E-state index in [4.69, 9.17) is 9.84 Å². The van der Waals surface area contributed by atoms with E-state index in [0.717, 1.165) is 11.3 Å². The van der Waals surface area contributed by atoms with E-state index in [1.54, 1.807) is 21.0 Å². The van der Waals surface area contributed by atoms with Crippen molar-refractivity contribution in [3.63, 3.8) is 0 Å². The minimum atomic E-state index is -1.30. The van der Waals surface area contributed by atoms with Gasteiger partial charge in [0.15, 0.2) is 0 Å². The molecule has 0 aliphatic heterocycles. The number of hydrogen-bond acceptors (Lipinski definition) is 5. The summed E-state index contributed by atoms with van der Waals surface area (Å²) in [5.74, 6) is 0.100. The summed E-state index contributed by atoms with van der Waals surface area (Å²) in [7, 11) is 1.60. The molecule has 0 saturated heterocycles. The molecule has 1 rings (SSSR count). The van der Waals surface area contributed by atoms with Gasteiger partial charge in [0, 0.05) is 24.9 Å². The van der Waals surface area contributed by atoms with Crippen LogP contribution in [-0.4, -0.2) is 54.9 Å². The lowest BCUT2D eigenvalue weighted by atomic mass is 9.87. The average Bonchev–Trinajstić information content (AvgIpc) is 2.63. The molecule has 25 heavy (non-hydrogen) atoms. The van der Waals surface area contributed by atoms with Crippen molar-refractivity contribution in [1.82, 2.24) is 10.6 Å². The Morgan fingerprint density at radius 1 is 1.16 bits per heavy atom. The third kappa shape index (κ3) is 7.11. The molecule has 7 heteroatoms. The van der Waals surface area contributed by atoms with Crippen LogP contribution in [0.15, 0.2) is 24.3 Å². The smallest absolute Gasteiger partial charge is 0.249 e. The maximum absolute atomic E-state index is 11.8. The molecule has 0 aliphatic carbocycles. The summed E-state index contributed by atoms with van der Waals surface area (Å²) in [6.07, 6.45) is -0.338. The van der Waals surface area contributed by atoms with E-state index in [1.807, 2.05) is 24.3 Å². The number of hydrogen-bond donors (Lipinski definition) is 4. The van der Waals surface area contributed by atoms with Gasteiger partial charge >= 0.3 is 0 Å². The number of amides is 2. The van der Waals surface area contributed by atoms with Crippen LogP contribution in [0.25, 0.3) is 0 Å². The van der Waals surface area contributed by atoms with Crippen LogP contribution in [0.4, 0.5) is 0 Å². The number of carbonyl (C=O) groups is 2. The second-order valence-electron chi connectivity index (χ2n) is 6.54. The minimum absolute atomic E-state index is 0.110. The lowest BCUT2D eigenvalue weighted by molar-refractivity contribution is -0.137. The van der Waals surface area contributed by atoms with Crippen LogP contribution in [0.3, 0.4) is 0 Å². The van der Waals surface area contributed by atoms with E-state index in [-0.39, 0.29) is 25.6 Å².